The highest BCUT2D eigenvalue weighted by atomic mass is 79.9. The second-order valence-corrected chi connectivity index (χ2v) is 5.40. The molecule has 98 valence electrons. The van der Waals surface area contributed by atoms with E-state index in [9.17, 15) is 4.79 Å². The Morgan fingerprint density at radius 2 is 1.95 bits per heavy atom. The lowest BCUT2D eigenvalue weighted by atomic mass is 10.2. The van der Waals surface area contributed by atoms with Gasteiger partial charge in [-0.2, -0.15) is 0 Å². The van der Waals surface area contributed by atoms with Crippen LogP contribution in [0.5, 0.6) is 0 Å². The van der Waals surface area contributed by atoms with Crippen LogP contribution in [0, 0.1) is 0 Å². The summed E-state index contributed by atoms with van der Waals surface area (Å²) in [6.07, 6.45) is 1.40. The number of hydrogen-bond acceptors (Lipinski definition) is 4. The van der Waals surface area contributed by atoms with Crippen molar-refractivity contribution in [3.63, 3.8) is 0 Å². The van der Waals surface area contributed by atoms with Crippen LogP contribution < -0.4 is 11.1 Å². The molecular weight excluding hydrogens is 378 g/mol. The summed E-state index contributed by atoms with van der Waals surface area (Å²) in [5, 5.41) is 12.1. The third-order valence-electron chi connectivity index (χ3n) is 2.35. The quantitative estimate of drug-likeness (QED) is 0.749. The summed E-state index contributed by atoms with van der Waals surface area (Å²) >= 11 is 6.78. The maximum Gasteiger partial charge on any atom is 0.339 e. The van der Waals surface area contributed by atoms with Crippen LogP contribution in [0.15, 0.2) is 39.4 Å². The van der Waals surface area contributed by atoms with Gasteiger partial charge in [-0.1, -0.05) is 6.07 Å². The molecule has 5 nitrogen and oxygen atoms in total. The molecule has 0 saturated heterocycles. The number of carbonyl (C=O) groups is 1. The van der Waals surface area contributed by atoms with Gasteiger partial charge in [0.15, 0.2) is 0 Å². The summed E-state index contributed by atoms with van der Waals surface area (Å²) in [7, 11) is 0. The number of aromatic nitrogens is 1. The lowest BCUT2D eigenvalue weighted by molar-refractivity contribution is 0.0697. The molecule has 19 heavy (non-hydrogen) atoms. The van der Waals surface area contributed by atoms with Crippen molar-refractivity contribution in [3.05, 3.63) is 45.0 Å². The summed E-state index contributed by atoms with van der Waals surface area (Å²) in [4.78, 5) is 15.2. The minimum atomic E-state index is -1.09. The van der Waals surface area contributed by atoms with E-state index in [1.807, 2.05) is 18.2 Å². The Bertz CT molecular complexity index is 627. The molecular formula is C12H9Br2N3O2. The molecule has 1 heterocycles. The topological polar surface area (TPSA) is 88.2 Å². The number of anilines is 3. The molecule has 4 N–H and O–H groups in total. The van der Waals surface area contributed by atoms with Gasteiger partial charge in [-0.05, 0) is 50.1 Å². The van der Waals surface area contributed by atoms with Crippen LogP contribution in [0.3, 0.4) is 0 Å². The molecule has 0 aliphatic rings. The predicted molar refractivity (Wildman–Crippen MR) is 80.7 cm³/mol. The van der Waals surface area contributed by atoms with Crippen LogP contribution in [0.25, 0.3) is 0 Å². The van der Waals surface area contributed by atoms with E-state index in [1.54, 1.807) is 0 Å². The van der Waals surface area contributed by atoms with E-state index in [2.05, 4.69) is 42.2 Å². The monoisotopic (exact) mass is 385 g/mol. The Kier molecular flexibility index (Phi) is 4.06. The minimum absolute atomic E-state index is 0.0163. The van der Waals surface area contributed by atoms with Crippen molar-refractivity contribution in [2.24, 2.45) is 0 Å². The van der Waals surface area contributed by atoms with Crippen molar-refractivity contribution in [1.29, 1.82) is 0 Å². The Hall–Kier alpha value is -1.60. The molecule has 0 atom stereocenters. The Morgan fingerprint density at radius 1 is 1.32 bits per heavy atom. The van der Waals surface area contributed by atoms with Crippen molar-refractivity contribution in [1.82, 2.24) is 4.98 Å². The van der Waals surface area contributed by atoms with Crippen molar-refractivity contribution < 1.29 is 9.90 Å². The van der Waals surface area contributed by atoms with Crippen LogP contribution in [0.1, 0.15) is 10.4 Å². The Labute approximate surface area is 126 Å². The number of benzene rings is 1. The first-order valence-corrected chi connectivity index (χ1v) is 6.77. The summed E-state index contributed by atoms with van der Waals surface area (Å²) in [6.45, 7) is 0. The molecule has 0 radical (unpaired) electrons. The molecule has 1 aromatic carbocycles. The highest BCUT2D eigenvalue weighted by molar-refractivity contribution is 9.11. The lowest BCUT2D eigenvalue weighted by Crippen LogP contribution is -2.06. The zero-order valence-electron chi connectivity index (χ0n) is 9.52. The number of rotatable bonds is 3. The first-order valence-electron chi connectivity index (χ1n) is 5.19. The average molecular weight is 387 g/mol. The van der Waals surface area contributed by atoms with Crippen LogP contribution >= 0.6 is 31.9 Å². The SMILES string of the molecule is Nc1cnc(Nc2c(Br)cccc2Br)c(C(=O)O)c1. The second-order valence-electron chi connectivity index (χ2n) is 3.69. The number of carboxylic acids is 1. The summed E-state index contributed by atoms with van der Waals surface area (Å²) in [5.41, 5.74) is 6.56. The fraction of sp³-hybridized carbons (Fsp3) is 0. The standard InChI is InChI=1S/C12H9Br2N3O2/c13-8-2-1-3-9(14)10(8)17-11-7(12(18)19)4-6(15)5-16-11/h1-5H,15H2,(H,16,17)(H,18,19). The zero-order chi connectivity index (χ0) is 14.0. The van der Waals surface area contributed by atoms with Gasteiger partial charge in [0.05, 0.1) is 17.6 Å². The van der Waals surface area contributed by atoms with E-state index in [0.717, 1.165) is 8.95 Å². The molecule has 7 heteroatoms. The van der Waals surface area contributed by atoms with Crippen LogP contribution in [0.4, 0.5) is 17.2 Å². The fourth-order valence-corrected chi connectivity index (χ4v) is 2.68. The normalized spacial score (nSPS) is 10.2. The Balaban J connectivity index is 2.47. The smallest absolute Gasteiger partial charge is 0.339 e. The number of pyridine rings is 1. The van der Waals surface area contributed by atoms with Crippen molar-refractivity contribution >= 4 is 55.0 Å². The molecule has 2 aromatic rings. The molecule has 0 unspecified atom stereocenters. The second kappa shape index (κ2) is 5.58. The number of carboxylic acid groups (broad SMARTS) is 1. The Morgan fingerprint density at radius 3 is 2.53 bits per heavy atom. The summed E-state index contributed by atoms with van der Waals surface area (Å²) in [6, 6.07) is 6.89. The first kappa shape index (κ1) is 13.8. The third-order valence-corrected chi connectivity index (χ3v) is 3.67. The first-order chi connectivity index (χ1) is 8.99. The van der Waals surface area contributed by atoms with Crippen molar-refractivity contribution in [2.75, 3.05) is 11.1 Å². The third kappa shape index (κ3) is 3.05. The van der Waals surface area contributed by atoms with Crippen molar-refractivity contribution in [2.45, 2.75) is 0 Å². The van der Waals surface area contributed by atoms with Gasteiger partial charge in [-0.25, -0.2) is 9.78 Å². The number of nitrogens with zero attached hydrogens (tertiary/aromatic N) is 1. The number of halogens is 2. The molecule has 1 aromatic heterocycles. The number of nitrogens with two attached hydrogens (primary N) is 1. The zero-order valence-corrected chi connectivity index (χ0v) is 12.7. The average Bonchev–Trinajstić information content (AvgIpc) is 2.35. The molecule has 0 aliphatic heterocycles. The van der Waals surface area contributed by atoms with E-state index in [0.29, 0.717) is 11.4 Å². The lowest BCUT2D eigenvalue weighted by Gasteiger charge is -2.12. The van der Waals surface area contributed by atoms with Gasteiger partial charge in [0.1, 0.15) is 11.4 Å². The van der Waals surface area contributed by atoms with Crippen LogP contribution in [-0.2, 0) is 0 Å². The highest BCUT2D eigenvalue weighted by Gasteiger charge is 2.14. The van der Waals surface area contributed by atoms with Crippen molar-refractivity contribution in [3.8, 4) is 0 Å². The summed E-state index contributed by atoms with van der Waals surface area (Å²) < 4.78 is 1.58. The van der Waals surface area contributed by atoms with Gasteiger partial charge in [0.2, 0.25) is 0 Å². The van der Waals surface area contributed by atoms with Crippen LogP contribution in [0.2, 0.25) is 0 Å². The van der Waals surface area contributed by atoms with E-state index in [-0.39, 0.29) is 11.4 Å². The number of nitrogens with one attached hydrogen (secondary N) is 1. The molecule has 0 amide bonds. The fourth-order valence-electron chi connectivity index (χ4n) is 1.48. The van der Waals surface area contributed by atoms with Gasteiger partial charge in [-0.15, -0.1) is 0 Å². The molecule has 2 rings (SSSR count). The number of hydrogen-bond donors (Lipinski definition) is 3. The van der Waals surface area contributed by atoms with Gasteiger partial charge in [0.25, 0.3) is 0 Å². The molecule has 0 bridgehead atoms. The molecule has 0 fully saturated rings. The molecule has 0 aliphatic carbocycles. The summed E-state index contributed by atoms with van der Waals surface area (Å²) in [5.74, 6) is -0.861. The van der Waals surface area contributed by atoms with Gasteiger partial charge < -0.3 is 16.2 Å². The van der Waals surface area contributed by atoms with E-state index in [1.165, 1.54) is 12.3 Å². The highest BCUT2D eigenvalue weighted by Crippen LogP contribution is 2.33. The van der Waals surface area contributed by atoms with Crippen LogP contribution in [-0.4, -0.2) is 16.1 Å². The maximum absolute atomic E-state index is 11.2. The van der Waals surface area contributed by atoms with Gasteiger partial charge >= 0.3 is 5.97 Å². The number of para-hydroxylation sites is 1. The molecule has 0 saturated carbocycles. The van der Waals surface area contributed by atoms with E-state index in [4.69, 9.17) is 10.8 Å². The number of nitrogen functional groups attached to an aromatic ring is 1. The van der Waals surface area contributed by atoms with E-state index >= 15 is 0 Å². The maximum atomic E-state index is 11.2. The minimum Gasteiger partial charge on any atom is -0.478 e. The largest absolute Gasteiger partial charge is 0.478 e. The predicted octanol–water partition coefficient (Wildman–Crippen LogP) is 3.63. The van der Waals surface area contributed by atoms with E-state index < -0.39 is 5.97 Å². The number of aromatic carboxylic acids is 1. The van der Waals surface area contributed by atoms with Gasteiger partial charge in [-0.3, -0.25) is 0 Å². The van der Waals surface area contributed by atoms with Gasteiger partial charge in [0, 0.05) is 8.95 Å². The molecule has 0 spiro atoms.